The summed E-state index contributed by atoms with van der Waals surface area (Å²) >= 11 is 0. The van der Waals surface area contributed by atoms with Crippen LogP contribution in [0.1, 0.15) is 24.0 Å². The third-order valence-corrected chi connectivity index (χ3v) is 4.14. The Balaban J connectivity index is 1.73. The topological polar surface area (TPSA) is 81.7 Å². The molecule has 1 atom stereocenters. The summed E-state index contributed by atoms with van der Waals surface area (Å²) < 4.78 is 15.7. The third kappa shape index (κ3) is 5.23. The van der Waals surface area contributed by atoms with Gasteiger partial charge in [-0.15, -0.1) is 0 Å². The van der Waals surface area contributed by atoms with Crippen molar-refractivity contribution in [1.29, 1.82) is 0 Å². The van der Waals surface area contributed by atoms with Gasteiger partial charge in [0.25, 0.3) is 0 Å². The summed E-state index contributed by atoms with van der Waals surface area (Å²) in [5.74, 6) is -1.10. The van der Waals surface area contributed by atoms with Gasteiger partial charge in [-0.3, -0.25) is 9.59 Å². The first-order chi connectivity index (χ1) is 13.6. The number of hydrogen-bond acceptors (Lipinski definition) is 5. The minimum Gasteiger partial charge on any atom is -0.467 e. The van der Waals surface area contributed by atoms with E-state index < -0.39 is 17.8 Å². The van der Waals surface area contributed by atoms with Crippen molar-refractivity contribution in [3.8, 4) is 0 Å². The van der Waals surface area contributed by atoms with E-state index in [1.807, 2.05) is 37.3 Å². The first-order valence-electron chi connectivity index (χ1n) is 8.86. The molecule has 0 saturated carbocycles. The lowest BCUT2D eigenvalue weighted by atomic mass is 10.0. The van der Waals surface area contributed by atoms with Crippen LogP contribution in [0.5, 0.6) is 0 Å². The predicted molar refractivity (Wildman–Crippen MR) is 103 cm³/mol. The first-order valence-corrected chi connectivity index (χ1v) is 8.86. The zero-order chi connectivity index (χ0) is 19.8. The number of carbonyl (C=O) groups excluding carboxylic acids is 2. The van der Waals surface area contributed by atoms with Crippen LogP contribution in [0, 0.1) is 5.92 Å². The van der Waals surface area contributed by atoms with Crippen LogP contribution in [-0.4, -0.2) is 11.9 Å². The van der Waals surface area contributed by atoms with Crippen LogP contribution in [0.25, 0.3) is 5.57 Å². The molecule has 3 rings (SSSR count). The van der Waals surface area contributed by atoms with E-state index in [1.54, 1.807) is 30.3 Å². The Morgan fingerprint density at radius 3 is 2.32 bits per heavy atom. The highest BCUT2D eigenvalue weighted by Gasteiger charge is 2.27. The summed E-state index contributed by atoms with van der Waals surface area (Å²) in [5.41, 5.74) is 1.72. The number of amides is 1. The summed E-state index contributed by atoms with van der Waals surface area (Å²) in [4.78, 5) is 25.3. The Kier molecular flexibility index (Phi) is 6.46. The van der Waals surface area contributed by atoms with Crippen molar-refractivity contribution in [3.63, 3.8) is 0 Å². The molecule has 0 spiro atoms. The molecule has 0 aliphatic heterocycles. The second kappa shape index (κ2) is 9.41. The summed E-state index contributed by atoms with van der Waals surface area (Å²) in [6.07, 6.45) is 4.63. The van der Waals surface area contributed by atoms with E-state index in [-0.39, 0.29) is 13.2 Å². The van der Waals surface area contributed by atoms with E-state index in [0.717, 1.165) is 11.1 Å². The van der Waals surface area contributed by atoms with Gasteiger partial charge in [0.1, 0.15) is 18.1 Å². The molecule has 6 nitrogen and oxygen atoms in total. The highest BCUT2D eigenvalue weighted by Crippen LogP contribution is 2.18. The van der Waals surface area contributed by atoms with Gasteiger partial charge in [0.15, 0.2) is 5.92 Å². The second-order valence-electron chi connectivity index (χ2n) is 6.18. The molecule has 28 heavy (non-hydrogen) atoms. The average molecular weight is 379 g/mol. The average Bonchev–Trinajstić information content (AvgIpc) is 3.43. The van der Waals surface area contributed by atoms with Crippen molar-refractivity contribution in [2.24, 2.45) is 5.92 Å². The number of carbonyl (C=O) groups is 2. The van der Waals surface area contributed by atoms with Crippen molar-refractivity contribution in [2.45, 2.75) is 20.1 Å². The van der Waals surface area contributed by atoms with Gasteiger partial charge in [-0.2, -0.15) is 0 Å². The number of rotatable bonds is 8. The fraction of sp³-hybridized carbons (Fsp3) is 0.182. The van der Waals surface area contributed by atoms with E-state index >= 15 is 0 Å². The number of hydrogen-bond donors (Lipinski definition) is 1. The molecule has 0 bridgehead atoms. The summed E-state index contributed by atoms with van der Waals surface area (Å²) in [7, 11) is 0. The van der Waals surface area contributed by atoms with Gasteiger partial charge in [0, 0.05) is 0 Å². The fourth-order valence-electron chi connectivity index (χ4n) is 2.62. The normalized spacial score (nSPS) is 12.4. The minimum absolute atomic E-state index is 0.0357. The number of benzene rings is 1. The molecule has 2 aromatic heterocycles. The van der Waals surface area contributed by atoms with E-state index in [0.29, 0.717) is 11.5 Å². The zero-order valence-corrected chi connectivity index (χ0v) is 15.5. The minimum atomic E-state index is -1.09. The Labute approximate surface area is 162 Å². The van der Waals surface area contributed by atoms with E-state index in [2.05, 4.69) is 5.32 Å². The molecular formula is C22H21NO5. The van der Waals surface area contributed by atoms with Crippen molar-refractivity contribution in [1.82, 2.24) is 5.32 Å². The summed E-state index contributed by atoms with van der Waals surface area (Å²) in [5, 5.41) is 2.71. The van der Waals surface area contributed by atoms with Gasteiger partial charge in [0.05, 0.1) is 19.1 Å². The number of ether oxygens (including phenoxy) is 1. The van der Waals surface area contributed by atoms with Crippen LogP contribution in [0.3, 0.4) is 0 Å². The van der Waals surface area contributed by atoms with Crippen molar-refractivity contribution < 1.29 is 23.2 Å². The number of allylic oxidation sites excluding steroid dienone is 1. The van der Waals surface area contributed by atoms with Crippen LogP contribution in [0.15, 0.2) is 82.0 Å². The number of furan rings is 2. The summed E-state index contributed by atoms with van der Waals surface area (Å²) in [6.45, 7) is 2.00. The fourth-order valence-corrected chi connectivity index (χ4v) is 2.62. The first kappa shape index (κ1) is 19.2. The lowest BCUT2D eigenvalue weighted by Crippen LogP contribution is -2.35. The molecule has 0 aliphatic carbocycles. The lowest BCUT2D eigenvalue weighted by molar-refractivity contribution is -0.152. The summed E-state index contributed by atoms with van der Waals surface area (Å²) in [6, 6.07) is 16.4. The van der Waals surface area contributed by atoms with Gasteiger partial charge in [-0.05, 0) is 42.3 Å². The molecule has 1 aromatic carbocycles. The van der Waals surface area contributed by atoms with Crippen molar-refractivity contribution >= 4 is 17.4 Å². The molecule has 0 saturated heterocycles. The Morgan fingerprint density at radius 2 is 1.68 bits per heavy atom. The molecule has 2 heterocycles. The molecule has 0 fully saturated rings. The Bertz CT molecular complexity index is 861. The van der Waals surface area contributed by atoms with E-state index in [9.17, 15) is 9.59 Å². The smallest absolute Gasteiger partial charge is 0.322 e. The maximum atomic E-state index is 12.7. The molecule has 144 valence electrons. The molecule has 1 amide bonds. The molecular weight excluding hydrogens is 358 g/mol. The van der Waals surface area contributed by atoms with Crippen LogP contribution >= 0.6 is 0 Å². The maximum absolute atomic E-state index is 12.7. The van der Waals surface area contributed by atoms with Crippen LogP contribution in [0.2, 0.25) is 0 Å². The zero-order valence-electron chi connectivity index (χ0n) is 15.5. The highest BCUT2D eigenvalue weighted by molar-refractivity contribution is 6.01. The van der Waals surface area contributed by atoms with Gasteiger partial charge < -0.3 is 18.9 Å². The number of nitrogens with one attached hydrogen (secondary N) is 1. The molecule has 0 radical (unpaired) electrons. The monoisotopic (exact) mass is 379 g/mol. The second-order valence-corrected chi connectivity index (χ2v) is 6.18. The van der Waals surface area contributed by atoms with Gasteiger partial charge in [-0.25, -0.2) is 0 Å². The van der Waals surface area contributed by atoms with Crippen LogP contribution in [0.4, 0.5) is 0 Å². The van der Waals surface area contributed by atoms with Gasteiger partial charge >= 0.3 is 5.97 Å². The largest absolute Gasteiger partial charge is 0.467 e. The molecule has 3 aromatic rings. The van der Waals surface area contributed by atoms with Crippen LogP contribution < -0.4 is 5.32 Å². The highest BCUT2D eigenvalue weighted by atomic mass is 16.5. The van der Waals surface area contributed by atoms with E-state index in [4.69, 9.17) is 13.6 Å². The Morgan fingerprint density at radius 1 is 1.00 bits per heavy atom. The molecule has 0 aliphatic rings. The van der Waals surface area contributed by atoms with Crippen LogP contribution in [-0.2, 0) is 27.5 Å². The molecule has 6 heteroatoms. The van der Waals surface area contributed by atoms with Crippen molar-refractivity contribution in [2.75, 3.05) is 0 Å². The lowest BCUT2D eigenvalue weighted by Gasteiger charge is -2.14. The van der Waals surface area contributed by atoms with Crippen molar-refractivity contribution in [3.05, 3.63) is 90.3 Å². The molecule has 1 N–H and O–H groups in total. The SMILES string of the molecule is C/C(=C\C(C(=O)NCc1ccco1)C(=O)OCc1ccco1)c1ccccc1. The standard InChI is InChI=1S/C22H21NO5/c1-16(17-7-3-2-4-8-17)13-20(21(24)23-14-18-9-5-11-26-18)22(25)28-15-19-10-6-12-27-19/h2-13,20H,14-15H2,1H3,(H,23,24)/b16-13+. The Hall–Kier alpha value is -3.54. The van der Waals surface area contributed by atoms with Gasteiger partial charge in [-0.1, -0.05) is 36.4 Å². The van der Waals surface area contributed by atoms with E-state index in [1.165, 1.54) is 12.5 Å². The quantitative estimate of drug-likeness (QED) is 0.473. The number of esters is 1. The predicted octanol–water partition coefficient (Wildman–Crippen LogP) is 3.95. The maximum Gasteiger partial charge on any atom is 0.322 e. The van der Waals surface area contributed by atoms with Gasteiger partial charge in [0.2, 0.25) is 5.91 Å². The third-order valence-electron chi connectivity index (χ3n) is 4.14. The molecule has 1 unspecified atom stereocenters.